The van der Waals surface area contributed by atoms with Crippen LogP contribution < -0.4 is 10.4 Å². The van der Waals surface area contributed by atoms with Crippen LogP contribution in [0.1, 0.15) is 19.8 Å². The first-order valence-corrected chi connectivity index (χ1v) is 12.3. The summed E-state index contributed by atoms with van der Waals surface area (Å²) in [6.07, 6.45) is -4.44. The van der Waals surface area contributed by atoms with Crippen LogP contribution >= 0.6 is 0 Å². The van der Waals surface area contributed by atoms with Crippen LogP contribution in [0.5, 0.6) is 0 Å². The number of aliphatic hydroxyl groups excluding tert-OH is 4. The van der Waals surface area contributed by atoms with E-state index in [4.69, 9.17) is 4.74 Å². The summed E-state index contributed by atoms with van der Waals surface area (Å²) in [6, 6.07) is 19.5. The first kappa shape index (κ1) is 22.1. The second kappa shape index (κ2) is 9.05. The molecule has 5 atom stereocenters. The average Bonchev–Trinajstić information content (AvgIpc) is 2.77. The molecule has 3 rings (SSSR count). The molecule has 1 aliphatic rings. The molecule has 7 heteroatoms. The quantitative estimate of drug-likeness (QED) is 0.397. The van der Waals surface area contributed by atoms with E-state index in [1.54, 1.807) is 0 Å². The predicted molar refractivity (Wildman–Crippen MR) is 113 cm³/mol. The van der Waals surface area contributed by atoms with Crippen molar-refractivity contribution in [2.45, 2.75) is 55.6 Å². The van der Waals surface area contributed by atoms with Gasteiger partial charge in [0.15, 0.2) is 13.5 Å². The SMILES string of the molecule is CCCC[Si](c1ccccc1)(c1ccccc1)[C@@]1(O)O[C@H](CO)[C@@H](O)[C@H](O)[C@H]1O. The maximum atomic E-state index is 12.0. The van der Waals surface area contributed by atoms with Gasteiger partial charge in [-0.15, -0.1) is 0 Å². The van der Waals surface area contributed by atoms with Gasteiger partial charge in [0.25, 0.3) is 0 Å². The molecule has 0 bridgehead atoms. The molecule has 5 N–H and O–H groups in total. The largest absolute Gasteiger partial charge is 0.394 e. The van der Waals surface area contributed by atoms with Crippen LogP contribution in [-0.2, 0) is 4.74 Å². The van der Waals surface area contributed by atoms with Crippen LogP contribution in [0.25, 0.3) is 0 Å². The van der Waals surface area contributed by atoms with Crippen molar-refractivity contribution in [1.29, 1.82) is 0 Å². The van der Waals surface area contributed by atoms with Crippen molar-refractivity contribution in [1.82, 2.24) is 0 Å². The predicted octanol–water partition coefficient (Wildman–Crippen LogP) is -0.249. The first-order chi connectivity index (χ1) is 13.9. The van der Waals surface area contributed by atoms with Crippen molar-refractivity contribution in [2.24, 2.45) is 0 Å². The molecule has 0 spiro atoms. The van der Waals surface area contributed by atoms with Crippen molar-refractivity contribution in [2.75, 3.05) is 6.61 Å². The van der Waals surface area contributed by atoms with Gasteiger partial charge >= 0.3 is 0 Å². The summed E-state index contributed by atoms with van der Waals surface area (Å²) in [5.41, 5.74) is -2.14. The first-order valence-electron chi connectivity index (χ1n) is 10.1. The van der Waals surface area contributed by atoms with Gasteiger partial charge in [-0.1, -0.05) is 80.4 Å². The molecule has 0 aromatic heterocycles. The molecule has 158 valence electrons. The zero-order valence-electron chi connectivity index (χ0n) is 16.6. The van der Waals surface area contributed by atoms with E-state index in [2.05, 4.69) is 0 Å². The molecule has 2 aromatic rings. The fraction of sp³-hybridized carbons (Fsp3) is 0.455. The van der Waals surface area contributed by atoms with Crippen LogP contribution in [0, 0.1) is 0 Å². The Morgan fingerprint density at radius 1 is 0.897 bits per heavy atom. The van der Waals surface area contributed by atoms with Gasteiger partial charge in [0.05, 0.1) is 6.61 Å². The topological polar surface area (TPSA) is 110 Å². The second-order valence-corrected chi connectivity index (χ2v) is 11.9. The molecular weight excluding hydrogens is 388 g/mol. The zero-order chi connectivity index (χ0) is 21.1. The fourth-order valence-electron chi connectivity index (χ4n) is 4.44. The van der Waals surface area contributed by atoms with E-state index in [9.17, 15) is 25.5 Å². The smallest absolute Gasteiger partial charge is 0.190 e. The highest BCUT2D eigenvalue weighted by Gasteiger charge is 2.65. The summed E-state index contributed by atoms with van der Waals surface area (Å²) in [4.78, 5) is 0. The van der Waals surface area contributed by atoms with Crippen LogP contribution in [0.3, 0.4) is 0 Å². The maximum absolute atomic E-state index is 12.0. The van der Waals surface area contributed by atoms with Crippen molar-refractivity contribution in [3.05, 3.63) is 60.7 Å². The Hall–Kier alpha value is -1.58. The fourth-order valence-corrected chi connectivity index (χ4v) is 9.97. The molecule has 1 heterocycles. The number of hydrogen-bond acceptors (Lipinski definition) is 6. The Morgan fingerprint density at radius 3 is 1.86 bits per heavy atom. The van der Waals surface area contributed by atoms with E-state index in [1.807, 2.05) is 67.6 Å². The van der Waals surface area contributed by atoms with E-state index in [0.29, 0.717) is 6.04 Å². The summed E-state index contributed by atoms with van der Waals surface area (Å²) in [6.45, 7) is 1.46. The minimum Gasteiger partial charge on any atom is -0.394 e. The minimum atomic E-state index is -3.28. The molecule has 1 fully saturated rings. The lowest BCUT2D eigenvalue weighted by Crippen LogP contribution is -2.83. The third-order valence-electron chi connectivity index (χ3n) is 6.02. The highest BCUT2D eigenvalue weighted by atomic mass is 28.3. The van der Waals surface area contributed by atoms with Crippen LogP contribution in [0.4, 0.5) is 0 Å². The van der Waals surface area contributed by atoms with Gasteiger partial charge in [0.2, 0.25) is 0 Å². The van der Waals surface area contributed by atoms with E-state index in [1.165, 1.54) is 0 Å². The third kappa shape index (κ3) is 3.68. The maximum Gasteiger partial charge on any atom is 0.190 e. The summed E-state index contributed by atoms with van der Waals surface area (Å²) < 4.78 is 5.90. The van der Waals surface area contributed by atoms with E-state index in [-0.39, 0.29) is 0 Å². The Bertz CT molecular complexity index is 732. The lowest BCUT2D eigenvalue weighted by Gasteiger charge is -2.54. The minimum absolute atomic E-state index is 0.562. The van der Waals surface area contributed by atoms with Crippen molar-refractivity contribution >= 4 is 18.4 Å². The number of benzene rings is 2. The molecular formula is C22H30O6Si. The summed E-state index contributed by atoms with van der Waals surface area (Å²) in [5.74, 6) is 0. The van der Waals surface area contributed by atoms with Crippen LogP contribution in [-0.4, -0.2) is 70.0 Å². The monoisotopic (exact) mass is 418 g/mol. The molecule has 6 nitrogen and oxygen atoms in total. The second-order valence-electron chi connectivity index (χ2n) is 7.70. The lowest BCUT2D eigenvalue weighted by molar-refractivity contribution is -0.314. The average molecular weight is 419 g/mol. The highest BCUT2D eigenvalue weighted by molar-refractivity contribution is 7.04. The lowest BCUT2D eigenvalue weighted by atomic mass is 9.99. The number of ether oxygens (including phenoxy) is 1. The van der Waals surface area contributed by atoms with Crippen molar-refractivity contribution in [3.63, 3.8) is 0 Å². The van der Waals surface area contributed by atoms with Gasteiger partial charge in [-0.05, 0) is 16.4 Å². The van der Waals surface area contributed by atoms with Gasteiger partial charge in [-0.2, -0.15) is 0 Å². The molecule has 0 saturated carbocycles. The molecule has 0 amide bonds. The Morgan fingerprint density at radius 2 is 1.41 bits per heavy atom. The zero-order valence-corrected chi connectivity index (χ0v) is 17.6. The van der Waals surface area contributed by atoms with Crippen molar-refractivity contribution < 1.29 is 30.3 Å². The van der Waals surface area contributed by atoms with Crippen molar-refractivity contribution in [3.8, 4) is 0 Å². The third-order valence-corrected chi connectivity index (χ3v) is 11.4. The Labute approximate surface area is 172 Å². The summed E-state index contributed by atoms with van der Waals surface area (Å²) >= 11 is 0. The van der Waals surface area contributed by atoms with Crippen LogP contribution in [0.15, 0.2) is 60.7 Å². The molecule has 0 unspecified atom stereocenters. The Balaban J connectivity index is 2.28. The van der Waals surface area contributed by atoms with Gasteiger partial charge < -0.3 is 30.3 Å². The normalized spacial score (nSPS) is 30.3. The molecule has 2 aromatic carbocycles. The molecule has 0 aliphatic carbocycles. The number of unbranched alkanes of at least 4 members (excludes halogenated alkanes) is 1. The molecule has 1 aliphatic heterocycles. The van der Waals surface area contributed by atoms with E-state index in [0.717, 1.165) is 23.2 Å². The summed E-state index contributed by atoms with van der Waals surface area (Å²) in [7, 11) is -3.28. The standard InChI is InChI=1S/C22H30O6Si/c1-2-3-14-29(16-10-6-4-7-11-16,17-12-8-5-9-13-17)22(27)21(26)20(25)19(24)18(15-23)28-22/h4-13,18-21,23-27H,2-3,14-15H2,1H3/t18-,19-,20+,21-,22+/m1/s1. The van der Waals surface area contributed by atoms with E-state index < -0.39 is 44.5 Å². The van der Waals surface area contributed by atoms with Gasteiger partial charge in [0, 0.05) is 0 Å². The van der Waals surface area contributed by atoms with Crippen LogP contribution in [0.2, 0.25) is 6.04 Å². The molecule has 1 saturated heterocycles. The summed E-state index contributed by atoms with van der Waals surface area (Å²) in [5, 5.41) is 55.2. The number of hydrogen-bond donors (Lipinski definition) is 5. The van der Waals surface area contributed by atoms with Gasteiger partial charge in [0.1, 0.15) is 24.4 Å². The molecule has 29 heavy (non-hydrogen) atoms. The highest BCUT2D eigenvalue weighted by Crippen LogP contribution is 2.38. The van der Waals surface area contributed by atoms with Gasteiger partial charge in [-0.3, -0.25) is 0 Å². The van der Waals surface area contributed by atoms with E-state index >= 15 is 0 Å². The number of rotatable bonds is 7. The Kier molecular flexibility index (Phi) is 6.90. The van der Waals surface area contributed by atoms with Gasteiger partial charge in [-0.25, -0.2) is 0 Å². The number of aliphatic hydroxyl groups is 5. The molecule has 0 radical (unpaired) electrons.